The first-order valence-electron chi connectivity index (χ1n) is 17.6. The number of hydrogen-bond acceptors (Lipinski definition) is 8. The fraction of sp³-hybridized carbons (Fsp3) is 0.0222. The molecule has 1 unspecified atom stereocenters. The topological polar surface area (TPSA) is 120 Å². The SMILES string of the molecule is O=C1C=CC(=O)N1c1ccc(Oc2ccc(C(c3ccc(Oc4ccc(N5C(=O)C=CC5=O)cc4)cc3)P3(=O)Oc4ccccc4-c4ccccc43)cc2)cc1. The van der Waals surface area contributed by atoms with E-state index in [0.29, 0.717) is 45.4 Å². The molecule has 0 bridgehead atoms. The zero-order chi connectivity index (χ0) is 38.4. The lowest BCUT2D eigenvalue weighted by Crippen LogP contribution is -2.29. The van der Waals surface area contributed by atoms with Crippen molar-refractivity contribution in [2.45, 2.75) is 5.66 Å². The van der Waals surface area contributed by atoms with Crippen LogP contribution in [0.3, 0.4) is 0 Å². The van der Waals surface area contributed by atoms with E-state index in [-0.39, 0.29) is 0 Å². The van der Waals surface area contributed by atoms with Gasteiger partial charge in [-0.05, 0) is 102 Å². The summed E-state index contributed by atoms with van der Waals surface area (Å²) in [6, 6.07) is 43.1. The smallest absolute Gasteiger partial charge is 0.289 e. The van der Waals surface area contributed by atoms with Crippen LogP contribution in [0.2, 0.25) is 0 Å². The standard InChI is InChI=1S/C45H29N2O8P/c48-41-25-26-42(49)46(41)31-13-21-35(22-14-31)53-33-17-9-29(10-18-33)45(56(52)40-8-4-2-6-38(40)37-5-1-3-7-39(37)55-56)30-11-19-34(20-12-30)54-36-23-15-32(16-24-36)47-43(50)27-28-44(47)51/h1-28,45H. The molecule has 11 heteroatoms. The van der Waals surface area contributed by atoms with Gasteiger partial charge in [-0.25, -0.2) is 9.80 Å². The fourth-order valence-electron chi connectivity index (χ4n) is 7.06. The highest BCUT2D eigenvalue weighted by atomic mass is 31.2. The number of ether oxygens (including phenoxy) is 2. The molecule has 10 nitrogen and oxygen atoms in total. The van der Waals surface area contributed by atoms with Crippen LogP contribution < -0.4 is 29.1 Å². The second-order valence-electron chi connectivity index (χ2n) is 13.1. The number of carbonyl (C=O) groups excluding carboxylic acids is 4. The third-order valence-electron chi connectivity index (χ3n) is 9.66. The molecule has 0 fully saturated rings. The Morgan fingerprint density at radius 1 is 0.446 bits per heavy atom. The van der Waals surface area contributed by atoms with E-state index < -0.39 is 36.7 Å². The first-order valence-corrected chi connectivity index (χ1v) is 19.3. The Morgan fingerprint density at radius 2 is 0.821 bits per heavy atom. The lowest BCUT2D eigenvalue weighted by atomic mass is 10.0. The normalized spacial score (nSPS) is 16.9. The van der Waals surface area contributed by atoms with E-state index in [1.54, 1.807) is 72.8 Å². The van der Waals surface area contributed by atoms with Crippen molar-refractivity contribution in [2.24, 2.45) is 0 Å². The van der Waals surface area contributed by atoms with Gasteiger partial charge in [0.25, 0.3) is 31.0 Å². The summed E-state index contributed by atoms with van der Waals surface area (Å²) in [7, 11) is -3.72. The molecule has 0 saturated carbocycles. The summed E-state index contributed by atoms with van der Waals surface area (Å²) in [6.45, 7) is 0. The second kappa shape index (κ2) is 13.8. The van der Waals surface area contributed by atoms with Gasteiger partial charge in [-0.2, -0.15) is 0 Å². The van der Waals surface area contributed by atoms with Gasteiger partial charge >= 0.3 is 0 Å². The fourth-order valence-corrected chi connectivity index (χ4v) is 9.95. The van der Waals surface area contributed by atoms with Crippen molar-refractivity contribution in [2.75, 3.05) is 9.80 Å². The number of anilines is 2. The molecule has 3 heterocycles. The number of rotatable bonds is 9. The maximum Gasteiger partial charge on any atom is 0.289 e. The van der Waals surface area contributed by atoms with Crippen LogP contribution in [0.1, 0.15) is 16.8 Å². The number of carbonyl (C=O) groups is 4. The summed E-state index contributed by atoms with van der Waals surface area (Å²) >= 11 is 0. The maximum absolute atomic E-state index is 15.6. The molecule has 272 valence electrons. The highest BCUT2D eigenvalue weighted by molar-refractivity contribution is 7.68. The molecule has 0 saturated heterocycles. The quantitative estimate of drug-likeness (QED) is 0.106. The number of nitrogens with zero attached hydrogens (tertiary/aromatic N) is 2. The molecule has 6 aromatic carbocycles. The molecule has 0 spiro atoms. The lowest BCUT2D eigenvalue weighted by molar-refractivity contribution is -0.121. The molecule has 0 N–H and O–H groups in total. The molecule has 9 rings (SSSR count). The summed E-state index contributed by atoms with van der Waals surface area (Å²) in [6.07, 6.45) is 4.94. The molecule has 0 radical (unpaired) electrons. The van der Waals surface area contributed by atoms with Gasteiger partial charge < -0.3 is 14.0 Å². The van der Waals surface area contributed by atoms with Crippen molar-refractivity contribution < 1.29 is 37.7 Å². The van der Waals surface area contributed by atoms with E-state index in [4.69, 9.17) is 14.0 Å². The van der Waals surface area contributed by atoms with Crippen molar-refractivity contribution in [1.82, 2.24) is 0 Å². The van der Waals surface area contributed by atoms with E-state index in [1.807, 2.05) is 72.8 Å². The summed E-state index contributed by atoms with van der Waals surface area (Å²) in [5.41, 5.74) is 3.32. The average Bonchev–Trinajstić information content (AvgIpc) is 3.74. The van der Waals surface area contributed by atoms with Crippen LogP contribution in [0.4, 0.5) is 11.4 Å². The van der Waals surface area contributed by atoms with E-state index in [1.165, 1.54) is 24.3 Å². The molecule has 3 aliphatic heterocycles. The van der Waals surface area contributed by atoms with E-state index in [9.17, 15) is 19.2 Å². The van der Waals surface area contributed by atoms with Gasteiger partial charge in [-0.3, -0.25) is 23.7 Å². The first kappa shape index (κ1) is 34.5. The van der Waals surface area contributed by atoms with Crippen molar-refractivity contribution in [3.8, 4) is 39.9 Å². The van der Waals surface area contributed by atoms with Crippen LogP contribution in [0.25, 0.3) is 11.1 Å². The van der Waals surface area contributed by atoms with Gasteiger partial charge in [0, 0.05) is 29.9 Å². The van der Waals surface area contributed by atoms with Crippen molar-refractivity contribution >= 4 is 47.7 Å². The van der Waals surface area contributed by atoms with Crippen molar-refractivity contribution in [3.63, 3.8) is 0 Å². The Hall–Kier alpha value is -7.29. The van der Waals surface area contributed by atoms with Crippen LogP contribution in [-0.4, -0.2) is 23.6 Å². The highest BCUT2D eigenvalue weighted by Crippen LogP contribution is 2.65. The molecule has 6 aromatic rings. The molecule has 3 aliphatic rings. The third-order valence-corrected chi connectivity index (χ3v) is 12.5. The van der Waals surface area contributed by atoms with Gasteiger partial charge in [-0.15, -0.1) is 0 Å². The summed E-state index contributed by atoms with van der Waals surface area (Å²) < 4.78 is 34.5. The zero-order valence-electron chi connectivity index (χ0n) is 29.4. The van der Waals surface area contributed by atoms with Crippen molar-refractivity contribution in [3.05, 3.63) is 181 Å². The Balaban J connectivity index is 1.02. The second-order valence-corrected chi connectivity index (χ2v) is 15.5. The van der Waals surface area contributed by atoms with Crippen LogP contribution >= 0.6 is 7.37 Å². The van der Waals surface area contributed by atoms with Gasteiger partial charge in [0.15, 0.2) is 0 Å². The largest absolute Gasteiger partial charge is 0.457 e. The Morgan fingerprint density at radius 3 is 1.27 bits per heavy atom. The number of para-hydroxylation sites is 1. The van der Waals surface area contributed by atoms with Crippen LogP contribution in [-0.2, 0) is 23.7 Å². The number of amides is 4. The van der Waals surface area contributed by atoms with E-state index >= 15 is 4.57 Å². The molecular formula is C45H29N2O8P. The Labute approximate surface area is 320 Å². The molecule has 0 aliphatic carbocycles. The van der Waals surface area contributed by atoms with Crippen LogP contribution in [0, 0.1) is 0 Å². The minimum absolute atomic E-state index is 0.400. The van der Waals surface area contributed by atoms with Gasteiger partial charge in [0.2, 0.25) is 0 Å². The summed E-state index contributed by atoms with van der Waals surface area (Å²) in [5, 5.41) is 0.611. The first-order chi connectivity index (χ1) is 27.2. The van der Waals surface area contributed by atoms with Gasteiger partial charge in [0.1, 0.15) is 34.4 Å². The minimum atomic E-state index is -3.72. The summed E-state index contributed by atoms with van der Waals surface area (Å²) in [5.74, 6) is 0.977. The van der Waals surface area contributed by atoms with Crippen LogP contribution in [0.15, 0.2) is 170 Å². The van der Waals surface area contributed by atoms with E-state index in [2.05, 4.69) is 0 Å². The molecular weight excluding hydrogens is 727 g/mol. The molecule has 1 atom stereocenters. The Bertz CT molecular complexity index is 2500. The number of benzene rings is 6. The van der Waals surface area contributed by atoms with Gasteiger partial charge in [0.05, 0.1) is 16.7 Å². The lowest BCUT2D eigenvalue weighted by Gasteiger charge is -2.34. The van der Waals surface area contributed by atoms with Gasteiger partial charge in [-0.1, -0.05) is 60.7 Å². The van der Waals surface area contributed by atoms with Crippen LogP contribution in [0.5, 0.6) is 28.7 Å². The Kier molecular flexibility index (Phi) is 8.52. The number of imide groups is 2. The molecule has 56 heavy (non-hydrogen) atoms. The minimum Gasteiger partial charge on any atom is -0.457 e. The number of fused-ring (bicyclic) bond motifs is 3. The predicted octanol–water partition coefficient (Wildman–Crippen LogP) is 8.88. The molecule has 4 amide bonds. The number of hydrogen-bond donors (Lipinski definition) is 0. The predicted molar refractivity (Wildman–Crippen MR) is 211 cm³/mol. The van der Waals surface area contributed by atoms with E-state index in [0.717, 1.165) is 32.1 Å². The monoisotopic (exact) mass is 756 g/mol. The highest BCUT2D eigenvalue weighted by Gasteiger charge is 2.44. The molecule has 0 aromatic heterocycles. The third kappa shape index (κ3) is 6.18. The maximum atomic E-state index is 15.6. The van der Waals surface area contributed by atoms with Crippen molar-refractivity contribution in [1.29, 1.82) is 0 Å². The zero-order valence-corrected chi connectivity index (χ0v) is 30.2. The summed E-state index contributed by atoms with van der Waals surface area (Å²) in [4.78, 5) is 50.6. The average molecular weight is 757 g/mol.